The Kier molecular flexibility index (Phi) is 6.13. The molecule has 0 radical (unpaired) electrons. The van der Waals surface area contributed by atoms with Gasteiger partial charge in [-0.1, -0.05) is 146 Å². The molecule has 0 fully saturated rings. The summed E-state index contributed by atoms with van der Waals surface area (Å²) in [7, 11) is -5.39. The van der Waals surface area contributed by atoms with Crippen molar-refractivity contribution in [2.45, 2.75) is 13.1 Å². The van der Waals surface area contributed by atoms with Gasteiger partial charge in [-0.15, -0.1) is 0 Å². The van der Waals surface area contributed by atoms with Gasteiger partial charge in [0.25, 0.3) is 0 Å². The van der Waals surface area contributed by atoms with E-state index in [2.05, 4.69) is 159 Å². The van der Waals surface area contributed by atoms with Gasteiger partial charge in [0.2, 0.25) is 16.6 Å². The SMILES string of the molecule is C[Si](O[Si](C)(c1ccccc1)c1cccc2ccccc12)(c1ccccc1)c1cccc2ccccc12. The minimum absolute atomic E-state index is 1.26. The normalized spacial score (nSPS) is 14.8. The van der Waals surface area contributed by atoms with Crippen molar-refractivity contribution in [3.63, 3.8) is 0 Å². The summed E-state index contributed by atoms with van der Waals surface area (Å²) in [6.07, 6.45) is 0. The van der Waals surface area contributed by atoms with Gasteiger partial charge in [-0.2, -0.15) is 0 Å². The molecule has 6 aromatic rings. The summed E-state index contributed by atoms with van der Waals surface area (Å²) in [5.41, 5.74) is 0. The van der Waals surface area contributed by atoms with E-state index >= 15 is 0 Å². The van der Waals surface area contributed by atoms with Crippen LogP contribution in [0.3, 0.4) is 0 Å². The van der Waals surface area contributed by atoms with Crippen LogP contribution in [0.1, 0.15) is 0 Å². The van der Waals surface area contributed by atoms with E-state index in [4.69, 9.17) is 4.12 Å². The van der Waals surface area contributed by atoms with Crippen molar-refractivity contribution in [3.05, 3.63) is 146 Å². The van der Waals surface area contributed by atoms with Crippen LogP contribution in [0.25, 0.3) is 21.5 Å². The standard InChI is InChI=1S/C34H30OSi2/c1-36(29-19-5-3-6-20-29,33-25-13-17-27-15-9-11-23-31(27)33)35-37(2,30-21-7-4-8-22-30)34-26-14-18-28-16-10-12-24-32(28)34/h3-26H,1-2H3. The van der Waals surface area contributed by atoms with Crippen molar-refractivity contribution in [3.8, 4) is 0 Å². The van der Waals surface area contributed by atoms with Crippen molar-refractivity contribution < 1.29 is 4.12 Å². The molecule has 0 saturated heterocycles. The predicted molar refractivity (Wildman–Crippen MR) is 164 cm³/mol. The minimum atomic E-state index is -2.69. The van der Waals surface area contributed by atoms with Gasteiger partial charge in [-0.25, -0.2) is 0 Å². The quantitative estimate of drug-likeness (QED) is 0.247. The third kappa shape index (κ3) is 4.15. The zero-order valence-corrected chi connectivity index (χ0v) is 23.3. The van der Waals surface area contributed by atoms with E-state index in [0.717, 1.165) is 0 Å². The van der Waals surface area contributed by atoms with Gasteiger partial charge < -0.3 is 4.12 Å². The first-order valence-corrected chi connectivity index (χ1v) is 17.7. The van der Waals surface area contributed by atoms with Gasteiger partial charge in [0.15, 0.2) is 0 Å². The van der Waals surface area contributed by atoms with Gasteiger partial charge in [0.1, 0.15) is 0 Å². The molecule has 2 unspecified atom stereocenters. The first-order chi connectivity index (χ1) is 18.1. The second-order valence-corrected chi connectivity index (χ2v) is 17.1. The van der Waals surface area contributed by atoms with Gasteiger partial charge in [0.05, 0.1) is 0 Å². The lowest BCUT2D eigenvalue weighted by Gasteiger charge is -2.40. The van der Waals surface area contributed by atoms with Crippen LogP contribution in [-0.2, 0) is 4.12 Å². The molecule has 0 aliphatic carbocycles. The fourth-order valence-electron chi connectivity index (χ4n) is 5.74. The van der Waals surface area contributed by atoms with E-state index in [1.165, 1.54) is 42.3 Å². The molecular formula is C34H30OSi2. The topological polar surface area (TPSA) is 9.23 Å². The van der Waals surface area contributed by atoms with Crippen molar-refractivity contribution in [1.29, 1.82) is 0 Å². The first kappa shape index (κ1) is 23.6. The van der Waals surface area contributed by atoms with Gasteiger partial charge >= 0.3 is 0 Å². The molecule has 6 aromatic carbocycles. The van der Waals surface area contributed by atoms with Crippen LogP contribution in [0, 0.1) is 0 Å². The Labute approximate surface area is 221 Å². The van der Waals surface area contributed by atoms with E-state index in [1.807, 2.05) is 0 Å². The van der Waals surface area contributed by atoms with Crippen molar-refractivity contribution in [2.24, 2.45) is 0 Å². The van der Waals surface area contributed by atoms with Crippen LogP contribution in [0.4, 0.5) is 0 Å². The molecule has 2 atom stereocenters. The molecule has 6 rings (SSSR count). The lowest BCUT2D eigenvalue weighted by Crippen LogP contribution is -2.70. The molecule has 37 heavy (non-hydrogen) atoms. The highest BCUT2D eigenvalue weighted by Gasteiger charge is 2.46. The highest BCUT2D eigenvalue weighted by Crippen LogP contribution is 2.23. The number of benzene rings is 6. The third-order valence-electron chi connectivity index (χ3n) is 7.66. The molecule has 0 heterocycles. The molecule has 1 nitrogen and oxygen atoms in total. The Balaban J connectivity index is 1.65. The van der Waals surface area contributed by atoms with Gasteiger partial charge in [-0.3, -0.25) is 0 Å². The summed E-state index contributed by atoms with van der Waals surface area (Å²) in [5, 5.41) is 10.3. The fourth-order valence-corrected chi connectivity index (χ4v) is 15.4. The maximum absolute atomic E-state index is 7.86. The summed E-state index contributed by atoms with van der Waals surface area (Å²) in [6, 6.07) is 52.6. The lowest BCUT2D eigenvalue weighted by atomic mass is 10.1. The highest BCUT2D eigenvalue weighted by atomic mass is 28.4. The van der Waals surface area contributed by atoms with Crippen LogP contribution in [0.15, 0.2) is 146 Å². The van der Waals surface area contributed by atoms with E-state index in [-0.39, 0.29) is 0 Å². The monoisotopic (exact) mass is 510 g/mol. The summed E-state index contributed by atoms with van der Waals surface area (Å²) in [5.74, 6) is 0. The summed E-state index contributed by atoms with van der Waals surface area (Å²) < 4.78 is 7.86. The van der Waals surface area contributed by atoms with Crippen LogP contribution in [-0.4, -0.2) is 16.6 Å². The van der Waals surface area contributed by atoms with E-state index in [0.29, 0.717) is 0 Å². The molecule has 0 aliphatic rings. The van der Waals surface area contributed by atoms with E-state index < -0.39 is 16.6 Å². The molecule has 0 spiro atoms. The molecule has 0 aromatic heterocycles. The molecular weight excluding hydrogens is 481 g/mol. The predicted octanol–water partition coefficient (Wildman–Crippen LogP) is 6.09. The number of hydrogen-bond acceptors (Lipinski definition) is 1. The molecule has 0 saturated carbocycles. The Bertz CT molecular complexity index is 1550. The van der Waals surface area contributed by atoms with Gasteiger partial charge in [-0.05, 0) is 55.4 Å². The van der Waals surface area contributed by atoms with Gasteiger partial charge in [0, 0.05) is 0 Å². The number of fused-ring (bicyclic) bond motifs is 2. The second kappa shape index (κ2) is 9.60. The molecule has 180 valence electrons. The van der Waals surface area contributed by atoms with Crippen molar-refractivity contribution in [1.82, 2.24) is 0 Å². The Morgan fingerprint density at radius 2 is 0.730 bits per heavy atom. The number of hydrogen-bond donors (Lipinski definition) is 0. The average molecular weight is 511 g/mol. The highest BCUT2D eigenvalue weighted by molar-refractivity contribution is 7.09. The zero-order chi connectivity index (χ0) is 25.3. The Morgan fingerprint density at radius 1 is 0.378 bits per heavy atom. The average Bonchev–Trinajstić information content (AvgIpc) is 2.97. The molecule has 0 N–H and O–H groups in total. The van der Waals surface area contributed by atoms with E-state index in [1.54, 1.807) is 0 Å². The second-order valence-electron chi connectivity index (χ2n) is 9.95. The van der Waals surface area contributed by atoms with Crippen LogP contribution in [0.2, 0.25) is 13.1 Å². The fraction of sp³-hybridized carbons (Fsp3) is 0.0588. The largest absolute Gasteiger partial charge is 0.442 e. The first-order valence-electron chi connectivity index (χ1n) is 12.9. The van der Waals surface area contributed by atoms with Crippen LogP contribution >= 0.6 is 0 Å². The minimum Gasteiger partial charge on any atom is -0.442 e. The van der Waals surface area contributed by atoms with E-state index in [9.17, 15) is 0 Å². The number of rotatable bonds is 6. The Hall–Kier alpha value is -3.77. The smallest absolute Gasteiger partial charge is 0.242 e. The third-order valence-corrected chi connectivity index (χ3v) is 16.7. The molecule has 0 bridgehead atoms. The molecule has 3 heteroatoms. The summed E-state index contributed by atoms with van der Waals surface area (Å²) >= 11 is 0. The summed E-state index contributed by atoms with van der Waals surface area (Å²) in [4.78, 5) is 0. The Morgan fingerprint density at radius 3 is 1.16 bits per heavy atom. The van der Waals surface area contributed by atoms with Crippen LogP contribution in [0.5, 0.6) is 0 Å². The molecule has 0 aliphatic heterocycles. The maximum atomic E-state index is 7.86. The zero-order valence-electron chi connectivity index (χ0n) is 21.3. The lowest BCUT2D eigenvalue weighted by molar-refractivity contribution is 0.588. The van der Waals surface area contributed by atoms with Crippen molar-refractivity contribution in [2.75, 3.05) is 0 Å². The summed E-state index contributed by atoms with van der Waals surface area (Å²) in [6.45, 7) is 4.78. The van der Waals surface area contributed by atoms with Crippen molar-refractivity contribution >= 4 is 58.9 Å². The molecule has 0 amide bonds. The maximum Gasteiger partial charge on any atom is 0.242 e. The van der Waals surface area contributed by atoms with Crippen LogP contribution < -0.4 is 20.7 Å².